The van der Waals surface area contributed by atoms with E-state index < -0.39 is 25.1 Å². The van der Waals surface area contributed by atoms with Gasteiger partial charge in [0, 0.05) is 49.9 Å². The molecule has 0 spiro atoms. The molecule has 1 aromatic heterocycles. The fourth-order valence-electron chi connectivity index (χ4n) is 8.54. The number of halogens is 2. The van der Waals surface area contributed by atoms with E-state index in [1.54, 1.807) is 12.4 Å². The van der Waals surface area contributed by atoms with Crippen LogP contribution in [-0.2, 0) is 14.0 Å². The Morgan fingerprint density at radius 1 is 0.741 bits per heavy atom. The average Bonchev–Trinajstić information content (AvgIpc) is 3.18. The number of aromatic nitrogens is 1. The first-order valence-corrected chi connectivity index (χ1v) is 25.5. The van der Waals surface area contributed by atoms with Crippen LogP contribution in [0.25, 0.3) is 0 Å². The van der Waals surface area contributed by atoms with Gasteiger partial charge in [0.1, 0.15) is 12.1 Å². The van der Waals surface area contributed by atoms with Crippen molar-refractivity contribution >= 4 is 43.6 Å². The highest BCUT2D eigenvalue weighted by atomic mass is 35.5. The predicted octanol–water partition coefficient (Wildman–Crippen LogP) is 11.0. The summed E-state index contributed by atoms with van der Waals surface area (Å²) in [5.41, 5.74) is -0.503. The van der Waals surface area contributed by atoms with E-state index in [-0.39, 0.29) is 32.7 Å². The zero-order chi connectivity index (χ0) is 42.7. The van der Waals surface area contributed by atoms with E-state index in [4.69, 9.17) is 37.8 Å². The molecule has 4 fully saturated rings. The molecule has 0 bridgehead atoms. The van der Waals surface area contributed by atoms with Gasteiger partial charge in [-0.2, -0.15) is 0 Å². The van der Waals surface area contributed by atoms with Crippen LogP contribution in [0.1, 0.15) is 183 Å². The summed E-state index contributed by atoms with van der Waals surface area (Å²) in [6.45, 7) is 13.0. The van der Waals surface area contributed by atoms with Gasteiger partial charge in [0.25, 0.3) is 0 Å². The number of hydrogen-bond acceptors (Lipinski definition) is 9. The molecule has 12 heteroatoms. The number of aliphatic hydroxyl groups excluding tert-OH is 2. The van der Waals surface area contributed by atoms with E-state index in [9.17, 15) is 24.9 Å². The maximum Gasteiger partial charge on any atom is 0.192 e. The van der Waals surface area contributed by atoms with Gasteiger partial charge in [-0.15, -0.1) is 0 Å². The van der Waals surface area contributed by atoms with Crippen molar-refractivity contribution in [3.05, 3.63) is 28.0 Å². The van der Waals surface area contributed by atoms with Crippen molar-refractivity contribution in [1.82, 2.24) is 4.98 Å². The van der Waals surface area contributed by atoms with Crippen LogP contribution in [0.2, 0.25) is 28.2 Å². The summed E-state index contributed by atoms with van der Waals surface area (Å²) < 4.78 is 6.86. The van der Waals surface area contributed by atoms with E-state index in [1.165, 1.54) is 6.42 Å². The van der Waals surface area contributed by atoms with Crippen molar-refractivity contribution in [3.8, 4) is 0 Å². The summed E-state index contributed by atoms with van der Waals surface area (Å²) in [5, 5.41) is 47.8. The summed E-state index contributed by atoms with van der Waals surface area (Å²) in [7, 11) is -1.79. The zero-order valence-corrected chi connectivity index (χ0v) is 38.8. The van der Waals surface area contributed by atoms with Crippen LogP contribution in [-0.4, -0.2) is 80.9 Å². The highest BCUT2D eigenvalue weighted by Crippen LogP contribution is 2.41. The van der Waals surface area contributed by atoms with E-state index in [2.05, 4.69) is 25.8 Å². The molecule has 4 aliphatic rings. The lowest BCUT2D eigenvalue weighted by atomic mass is 9.78. The second-order valence-corrected chi connectivity index (χ2v) is 24.0. The minimum absolute atomic E-state index is 0. The molecule has 1 atom stereocenters. The maximum atomic E-state index is 10.6. The van der Waals surface area contributed by atoms with E-state index in [0.717, 1.165) is 133 Å². The van der Waals surface area contributed by atoms with Gasteiger partial charge < -0.3 is 34.8 Å². The molecule has 1 aromatic rings. The first-order valence-electron chi connectivity index (χ1n) is 22.2. The zero-order valence-electron chi connectivity index (χ0n) is 36.3. The number of rotatable bonds is 13. The van der Waals surface area contributed by atoms with Crippen LogP contribution in [0.3, 0.4) is 0 Å². The van der Waals surface area contributed by atoms with Gasteiger partial charge in [-0.1, -0.05) is 64.2 Å². The largest absolute Gasteiger partial charge is 0.410 e. The normalized spacial score (nSPS) is 29.5. The quantitative estimate of drug-likeness (QED) is 0.0961. The molecule has 0 amide bonds. The third-order valence-electron chi connectivity index (χ3n) is 13.5. The Kier molecular flexibility index (Phi) is 25.8. The first kappa shape index (κ1) is 55.1. The summed E-state index contributed by atoms with van der Waals surface area (Å²) in [6, 6.07) is 3.32. The smallest absolute Gasteiger partial charge is 0.192 e. The lowest BCUT2D eigenvalue weighted by Crippen LogP contribution is -2.37. The highest BCUT2D eigenvalue weighted by molar-refractivity contribution is 6.73. The number of aldehydes is 1. The molecule has 5 N–H and O–H groups in total. The standard InChI is InChI=1S/C22H37Cl2NO2Si.C8H16O2.C8H14O2.C7H12O2.CH4/c1-5-28(6-2,7-3)27-20(21-18(23)15-25-16-19(21)24)10-8-9-17-11-13-22(4,26)14-12-17;2*1-8(10)4-2-7(6-9)3-5-8;8-5-6-1-3-7(9)4-2-6;/h15-17,20,26H,5-14H2,1-4H3;7,9-10H,2-6H2,1H3;6-7,10H,2-5H2,1H3;6,8H,1-5H2;1H4. The van der Waals surface area contributed by atoms with Crippen LogP contribution >= 0.6 is 23.2 Å². The van der Waals surface area contributed by atoms with Crippen LogP contribution < -0.4 is 0 Å². The molecule has 338 valence electrons. The molecule has 0 radical (unpaired) electrons. The molecule has 4 saturated carbocycles. The Balaban J connectivity index is 0.000000454. The Labute approximate surface area is 363 Å². The van der Waals surface area contributed by atoms with Crippen molar-refractivity contribution in [2.75, 3.05) is 13.2 Å². The van der Waals surface area contributed by atoms with Crippen molar-refractivity contribution in [1.29, 1.82) is 0 Å². The van der Waals surface area contributed by atoms with Gasteiger partial charge in [-0.3, -0.25) is 9.78 Å². The van der Waals surface area contributed by atoms with Gasteiger partial charge in [0.15, 0.2) is 8.32 Å². The molecule has 0 aliphatic heterocycles. The van der Waals surface area contributed by atoms with Gasteiger partial charge >= 0.3 is 0 Å². The second kappa shape index (κ2) is 27.2. The van der Waals surface area contributed by atoms with Gasteiger partial charge in [-0.05, 0) is 153 Å². The lowest BCUT2D eigenvalue weighted by Gasteiger charge is -2.35. The maximum absolute atomic E-state index is 10.6. The summed E-state index contributed by atoms with van der Waals surface area (Å²) >= 11 is 13.0. The number of Topliss-reactive ketones (excluding diaryl/α,β-unsaturated/α-hetero) is 1. The van der Waals surface area contributed by atoms with Crippen LogP contribution in [0.5, 0.6) is 0 Å². The number of hydrogen-bond donors (Lipinski definition) is 5. The minimum Gasteiger partial charge on any atom is -0.410 e. The molecule has 5 rings (SSSR count). The summed E-state index contributed by atoms with van der Waals surface area (Å²) in [6.07, 6.45) is 21.6. The molecule has 9 nitrogen and oxygen atoms in total. The van der Waals surface area contributed by atoms with Crippen LogP contribution in [0.4, 0.5) is 0 Å². The van der Waals surface area contributed by atoms with Crippen LogP contribution in [0.15, 0.2) is 12.4 Å². The summed E-state index contributed by atoms with van der Waals surface area (Å²) in [4.78, 5) is 25.1. The molecule has 0 saturated heterocycles. The fourth-order valence-corrected chi connectivity index (χ4v) is 12.0. The fraction of sp³-hybridized carbons (Fsp3) is 0.848. The molecular weight excluding hydrogens is 793 g/mol. The number of aliphatic hydroxyl groups is 5. The van der Waals surface area contributed by atoms with Gasteiger partial charge in [-0.25, -0.2) is 0 Å². The van der Waals surface area contributed by atoms with Crippen molar-refractivity contribution < 1.29 is 39.5 Å². The third-order valence-corrected chi connectivity index (χ3v) is 18.7. The number of ketones is 1. The average molecular weight is 877 g/mol. The van der Waals surface area contributed by atoms with E-state index in [0.29, 0.717) is 46.4 Å². The van der Waals surface area contributed by atoms with Crippen molar-refractivity contribution in [2.45, 2.75) is 212 Å². The number of pyridine rings is 1. The van der Waals surface area contributed by atoms with E-state index in [1.807, 2.05) is 20.8 Å². The van der Waals surface area contributed by atoms with Crippen LogP contribution in [0, 0.1) is 23.7 Å². The Morgan fingerprint density at radius 3 is 1.53 bits per heavy atom. The summed E-state index contributed by atoms with van der Waals surface area (Å²) in [5.74, 6) is 2.12. The molecular formula is C46H83Cl2NO8Si. The van der Waals surface area contributed by atoms with Crippen molar-refractivity contribution in [3.63, 3.8) is 0 Å². The van der Waals surface area contributed by atoms with Gasteiger partial charge in [0.2, 0.25) is 0 Å². The second-order valence-electron chi connectivity index (χ2n) is 18.5. The Morgan fingerprint density at radius 2 is 1.14 bits per heavy atom. The lowest BCUT2D eigenvalue weighted by molar-refractivity contribution is -0.121. The third kappa shape index (κ3) is 20.3. The molecule has 1 heterocycles. The number of nitrogens with zero attached hydrogens (tertiary/aromatic N) is 1. The molecule has 0 aromatic carbocycles. The number of carbonyl (C=O) groups is 2. The SMILES string of the molecule is C.CC1(O)CCC(C=O)CC1.CC1(O)CCC(CO)CC1.CC[Si](CC)(CC)OC(CCCC1CCC(C)(O)CC1)c1c(Cl)cncc1Cl.O=C1CCC(CO)CC1. The minimum atomic E-state index is -1.79. The highest BCUT2D eigenvalue weighted by Gasteiger charge is 2.35. The molecule has 4 aliphatic carbocycles. The van der Waals surface area contributed by atoms with Crippen molar-refractivity contribution in [2.24, 2.45) is 23.7 Å². The Hall–Kier alpha value is -0.953. The first-order chi connectivity index (χ1) is 26.9. The monoisotopic (exact) mass is 876 g/mol. The molecule has 1 unspecified atom stereocenters. The topological polar surface area (TPSA) is 157 Å². The Bertz CT molecular complexity index is 1240. The molecule has 58 heavy (non-hydrogen) atoms. The van der Waals surface area contributed by atoms with E-state index >= 15 is 0 Å². The van der Waals surface area contributed by atoms with Gasteiger partial charge in [0.05, 0.1) is 33.0 Å². The number of carbonyl (C=O) groups excluding carboxylic acids is 2. The predicted molar refractivity (Wildman–Crippen MR) is 241 cm³/mol.